The Bertz CT molecular complexity index is 512. The maximum Gasteiger partial charge on any atom is 1.00 e. The molecule has 9 heteroatoms. The molecule has 0 aliphatic carbocycles. The molecular weight excluding hydrogens is 317 g/mol. The summed E-state index contributed by atoms with van der Waals surface area (Å²) in [7, 11) is 0. The van der Waals surface area contributed by atoms with E-state index in [0.29, 0.717) is 11.3 Å². The molecule has 0 bridgehead atoms. The first-order valence-corrected chi connectivity index (χ1v) is 6.78. The van der Waals surface area contributed by atoms with Crippen molar-refractivity contribution in [2.75, 3.05) is 5.48 Å². The number of anilines is 1. The number of nitrogens with one attached hydrogen (secondary N) is 1. The second-order valence-electron chi connectivity index (χ2n) is 5.15. The maximum atomic E-state index is 10.5. The summed E-state index contributed by atoms with van der Waals surface area (Å²) in [6.45, 7) is 1.55. The van der Waals surface area contributed by atoms with Gasteiger partial charge in [0, 0.05) is 12.4 Å². The van der Waals surface area contributed by atoms with Crippen LogP contribution in [0.1, 0.15) is 12.5 Å². The number of benzene rings is 1. The van der Waals surface area contributed by atoms with Crippen molar-refractivity contribution in [1.82, 2.24) is 0 Å². The van der Waals surface area contributed by atoms with Gasteiger partial charge in [0.15, 0.2) is 0 Å². The van der Waals surface area contributed by atoms with Gasteiger partial charge in [0.1, 0.15) is 18.3 Å². The number of carbonyl (C=O) groups is 1. The van der Waals surface area contributed by atoms with Crippen LogP contribution in [0.5, 0.6) is 0 Å². The van der Waals surface area contributed by atoms with Gasteiger partial charge >= 0.3 is 29.6 Å². The summed E-state index contributed by atoms with van der Waals surface area (Å²) < 4.78 is 5.25. The van der Waals surface area contributed by atoms with Crippen molar-refractivity contribution in [3.8, 4) is 0 Å². The Labute approximate surface area is 155 Å². The van der Waals surface area contributed by atoms with Gasteiger partial charge in [0.05, 0.1) is 11.8 Å². The van der Waals surface area contributed by atoms with E-state index in [0.717, 1.165) is 0 Å². The number of carboxylic acids is 1. The van der Waals surface area contributed by atoms with Crippen molar-refractivity contribution >= 4 is 11.7 Å². The molecular formula is C14H18NNaO7. The summed E-state index contributed by atoms with van der Waals surface area (Å²) in [5.74, 6) is -1.17. The Balaban J connectivity index is 0.00000264. The second-order valence-corrected chi connectivity index (χ2v) is 5.15. The third kappa shape index (κ3) is 5.40. The third-order valence-electron chi connectivity index (χ3n) is 3.40. The van der Waals surface area contributed by atoms with Crippen LogP contribution in [0.15, 0.2) is 24.3 Å². The number of hydrogen-bond donors (Lipinski definition) is 4. The number of aliphatic carboxylic acids is 1. The van der Waals surface area contributed by atoms with Crippen LogP contribution in [-0.2, 0) is 20.8 Å². The van der Waals surface area contributed by atoms with Crippen LogP contribution >= 0.6 is 0 Å². The summed E-state index contributed by atoms with van der Waals surface area (Å²) in [6, 6.07) is 6.34. The fourth-order valence-corrected chi connectivity index (χ4v) is 2.09. The van der Waals surface area contributed by atoms with Crippen molar-refractivity contribution in [1.29, 1.82) is 0 Å². The number of rotatable bonds is 5. The molecule has 4 N–H and O–H groups in total. The topological polar surface area (TPSA) is 131 Å². The minimum absolute atomic E-state index is 0. The first-order valence-electron chi connectivity index (χ1n) is 6.78. The Kier molecular flexibility index (Phi) is 7.91. The average molecular weight is 335 g/mol. The van der Waals surface area contributed by atoms with Crippen LogP contribution in [0, 0.1) is 0 Å². The van der Waals surface area contributed by atoms with Gasteiger partial charge in [-0.2, -0.15) is 0 Å². The first-order chi connectivity index (χ1) is 10.4. The SMILES string of the molecule is C[C@@H]1OC(ONc2ccc(CC(=O)[O-])cc2)[C@H](O)[C@H](O)[C@H]1O.[Na+]. The first kappa shape index (κ1) is 20.3. The Hall–Kier alpha value is -0.710. The maximum absolute atomic E-state index is 10.5. The molecule has 1 aliphatic rings. The molecule has 1 saturated heterocycles. The number of aliphatic hydroxyl groups excluding tert-OH is 3. The number of carboxylic acid groups (broad SMARTS) is 1. The summed E-state index contributed by atoms with van der Waals surface area (Å²) in [6.07, 6.45) is -6.02. The van der Waals surface area contributed by atoms with Crippen LogP contribution < -0.4 is 40.1 Å². The van der Waals surface area contributed by atoms with Crippen LogP contribution in [0.2, 0.25) is 0 Å². The minimum atomic E-state index is -1.41. The second kappa shape index (κ2) is 8.95. The monoisotopic (exact) mass is 335 g/mol. The molecule has 0 aromatic heterocycles. The fraction of sp³-hybridized carbons (Fsp3) is 0.500. The van der Waals surface area contributed by atoms with Crippen LogP contribution in [0.4, 0.5) is 5.69 Å². The van der Waals surface area contributed by atoms with Gasteiger partial charge in [-0.25, -0.2) is 4.84 Å². The van der Waals surface area contributed by atoms with Crippen LogP contribution in [-0.4, -0.2) is 52.0 Å². The zero-order chi connectivity index (χ0) is 16.3. The summed E-state index contributed by atoms with van der Waals surface area (Å²) >= 11 is 0. The van der Waals surface area contributed by atoms with Crippen molar-refractivity contribution in [3.05, 3.63) is 29.8 Å². The van der Waals surface area contributed by atoms with E-state index < -0.39 is 36.7 Å². The zero-order valence-corrected chi connectivity index (χ0v) is 14.9. The molecule has 8 nitrogen and oxygen atoms in total. The van der Waals surface area contributed by atoms with Gasteiger partial charge in [-0.3, -0.25) is 5.48 Å². The standard InChI is InChI=1S/C14H19NO7.Na/c1-7-11(18)12(19)13(20)14(21-7)22-15-9-4-2-8(3-5-9)6-10(16)17;/h2-5,7,11-15,18-20H,6H2,1H3,(H,16,17);/q;+1/p-1/t7-,11-,12+,13+,14?;/m0./s1. The number of ether oxygens (including phenoxy) is 1. The van der Waals surface area contributed by atoms with Gasteiger partial charge in [0.2, 0.25) is 6.29 Å². The molecule has 122 valence electrons. The van der Waals surface area contributed by atoms with Crippen LogP contribution in [0.3, 0.4) is 0 Å². The van der Waals surface area contributed by atoms with E-state index in [1.807, 2.05) is 0 Å². The van der Waals surface area contributed by atoms with Crippen LogP contribution in [0.25, 0.3) is 0 Å². The van der Waals surface area contributed by atoms with Gasteiger partial charge in [-0.15, -0.1) is 0 Å². The Morgan fingerprint density at radius 2 is 1.83 bits per heavy atom. The minimum Gasteiger partial charge on any atom is -0.550 e. The Morgan fingerprint density at radius 1 is 1.22 bits per heavy atom. The summed E-state index contributed by atoms with van der Waals surface area (Å²) in [5.41, 5.74) is 3.62. The molecule has 0 saturated carbocycles. The molecule has 23 heavy (non-hydrogen) atoms. The Morgan fingerprint density at radius 3 is 2.39 bits per heavy atom. The molecule has 0 spiro atoms. The van der Waals surface area contributed by atoms with Crippen molar-refractivity contribution in [2.24, 2.45) is 0 Å². The molecule has 2 rings (SSSR count). The summed E-state index contributed by atoms with van der Waals surface area (Å²) in [4.78, 5) is 15.6. The number of aliphatic hydroxyl groups is 3. The van der Waals surface area contributed by atoms with Crippen molar-refractivity contribution < 1.29 is 64.4 Å². The normalized spacial score (nSPS) is 30.3. The molecule has 1 aliphatic heterocycles. The predicted octanol–water partition coefficient (Wildman–Crippen LogP) is -4.85. The van der Waals surface area contributed by atoms with Gasteiger partial charge < -0.3 is 30.0 Å². The largest absolute Gasteiger partial charge is 1.00 e. The van der Waals surface area contributed by atoms with E-state index in [1.165, 1.54) is 0 Å². The van der Waals surface area contributed by atoms with Crippen molar-refractivity contribution in [3.63, 3.8) is 0 Å². The number of hydrogen-bond acceptors (Lipinski definition) is 8. The van der Waals surface area contributed by atoms with E-state index >= 15 is 0 Å². The number of carbonyl (C=O) groups excluding carboxylic acids is 1. The van der Waals surface area contributed by atoms with Gasteiger partial charge in [-0.05, 0) is 24.6 Å². The van der Waals surface area contributed by atoms with E-state index in [1.54, 1.807) is 31.2 Å². The van der Waals surface area contributed by atoms with E-state index in [2.05, 4.69) is 5.48 Å². The molecule has 1 aromatic carbocycles. The molecule has 1 fully saturated rings. The zero-order valence-electron chi connectivity index (χ0n) is 12.9. The fourth-order valence-electron chi connectivity index (χ4n) is 2.09. The molecule has 1 unspecified atom stereocenters. The summed E-state index contributed by atoms with van der Waals surface area (Å²) in [5, 5.41) is 39.5. The molecule has 1 aromatic rings. The molecule has 0 amide bonds. The van der Waals surface area contributed by atoms with E-state index in [-0.39, 0.29) is 36.0 Å². The average Bonchev–Trinajstić information content (AvgIpc) is 2.48. The molecule has 0 radical (unpaired) electrons. The quantitative estimate of drug-likeness (QED) is 0.311. The third-order valence-corrected chi connectivity index (χ3v) is 3.40. The van der Waals surface area contributed by atoms with E-state index in [9.17, 15) is 25.2 Å². The molecule has 5 atom stereocenters. The van der Waals surface area contributed by atoms with E-state index in [4.69, 9.17) is 9.57 Å². The van der Waals surface area contributed by atoms with Crippen molar-refractivity contribution in [2.45, 2.75) is 44.1 Å². The smallest absolute Gasteiger partial charge is 0.550 e. The van der Waals surface area contributed by atoms with Gasteiger partial charge in [-0.1, -0.05) is 12.1 Å². The van der Waals surface area contributed by atoms with Gasteiger partial charge in [0.25, 0.3) is 0 Å². The predicted molar refractivity (Wildman–Crippen MR) is 72.2 cm³/mol. The molecule has 1 heterocycles.